The first-order valence-corrected chi connectivity index (χ1v) is 11.3. The average molecular weight is 453 g/mol. The van der Waals surface area contributed by atoms with Gasteiger partial charge in [-0.05, 0) is 68.3 Å². The van der Waals surface area contributed by atoms with E-state index in [0.717, 1.165) is 53.7 Å². The number of hydrazone groups is 1. The summed E-state index contributed by atoms with van der Waals surface area (Å²) in [5.41, 5.74) is 3.88. The molecule has 7 nitrogen and oxygen atoms in total. The van der Waals surface area contributed by atoms with Gasteiger partial charge in [0.15, 0.2) is 11.0 Å². The van der Waals surface area contributed by atoms with Crippen molar-refractivity contribution in [3.63, 3.8) is 0 Å². The van der Waals surface area contributed by atoms with Crippen LogP contribution in [0.4, 0.5) is 0 Å². The molecule has 31 heavy (non-hydrogen) atoms. The molecule has 1 N–H and O–H groups in total. The molecule has 158 valence electrons. The van der Waals surface area contributed by atoms with E-state index in [1.807, 2.05) is 44.2 Å². The second-order valence-electron chi connectivity index (χ2n) is 7.71. The van der Waals surface area contributed by atoms with Gasteiger partial charge in [-0.1, -0.05) is 23.7 Å². The van der Waals surface area contributed by atoms with Gasteiger partial charge in [-0.3, -0.25) is 10.2 Å². The number of hydrogen-bond acceptors (Lipinski definition) is 5. The number of thioether (sulfide) groups is 1. The number of aryl methyl sites for hydroxylation is 1. The highest BCUT2D eigenvalue weighted by Crippen LogP contribution is 2.32. The Labute approximate surface area is 189 Å². The highest BCUT2D eigenvalue weighted by molar-refractivity contribution is 8.26. The van der Waals surface area contributed by atoms with Crippen molar-refractivity contribution in [2.24, 2.45) is 10.1 Å². The summed E-state index contributed by atoms with van der Waals surface area (Å²) in [6, 6.07) is 9.63. The molecule has 0 bridgehead atoms. The lowest BCUT2D eigenvalue weighted by Crippen LogP contribution is -2.35. The van der Waals surface area contributed by atoms with Gasteiger partial charge in [0, 0.05) is 24.5 Å². The molecule has 4 heterocycles. The van der Waals surface area contributed by atoms with E-state index >= 15 is 0 Å². The van der Waals surface area contributed by atoms with Crippen LogP contribution in [0, 0.1) is 19.3 Å². The molecule has 3 aliphatic rings. The Balaban J connectivity index is 1.51. The molecule has 2 aromatic rings. The molecule has 1 amide bonds. The molecule has 1 fully saturated rings. The number of nitrogens with one attached hydrogen (secondary N) is 1. The van der Waals surface area contributed by atoms with Crippen molar-refractivity contribution in [3.8, 4) is 5.69 Å². The van der Waals surface area contributed by atoms with Gasteiger partial charge in [-0.2, -0.15) is 10.0 Å². The van der Waals surface area contributed by atoms with E-state index in [4.69, 9.17) is 17.0 Å². The topological polar surface area (TPSA) is 77.1 Å². The number of hydrogen-bond donors (Lipinski definition) is 1. The predicted molar refractivity (Wildman–Crippen MR) is 126 cm³/mol. The highest BCUT2D eigenvalue weighted by Gasteiger charge is 2.37. The lowest BCUT2D eigenvalue weighted by atomic mass is 10.1. The highest BCUT2D eigenvalue weighted by atomic mass is 35.5. The Bertz CT molecular complexity index is 1200. The van der Waals surface area contributed by atoms with Gasteiger partial charge in [0.1, 0.15) is 0 Å². The maximum absolute atomic E-state index is 12.8. The minimum absolute atomic E-state index is 0.0549. The fraction of sp³-hybridized carbons (Fsp3) is 0.273. The number of carbonyl (C=O) groups excluding carboxylic acids is 1. The van der Waals surface area contributed by atoms with Crippen molar-refractivity contribution in [1.29, 1.82) is 5.41 Å². The molecular formula is C22H21ClN6OS. The van der Waals surface area contributed by atoms with Crippen molar-refractivity contribution >= 4 is 51.5 Å². The Kier molecular flexibility index (Phi) is 4.98. The maximum Gasteiger partial charge on any atom is 0.283 e. The van der Waals surface area contributed by atoms with Crippen molar-refractivity contribution in [1.82, 2.24) is 14.5 Å². The molecule has 9 heteroatoms. The third kappa shape index (κ3) is 3.40. The molecule has 1 aromatic heterocycles. The zero-order valence-electron chi connectivity index (χ0n) is 17.2. The molecule has 0 aliphatic carbocycles. The summed E-state index contributed by atoms with van der Waals surface area (Å²) in [6.45, 7) is 5.87. The first kappa shape index (κ1) is 20.1. The van der Waals surface area contributed by atoms with Crippen LogP contribution >= 0.6 is 23.4 Å². The predicted octanol–water partition coefficient (Wildman–Crippen LogP) is 4.42. The number of amides is 1. The molecule has 0 unspecified atom stereocenters. The van der Waals surface area contributed by atoms with Crippen molar-refractivity contribution in [2.75, 3.05) is 13.1 Å². The van der Waals surface area contributed by atoms with Crippen molar-refractivity contribution < 1.29 is 4.79 Å². The van der Waals surface area contributed by atoms with Crippen LogP contribution in [0.5, 0.6) is 0 Å². The number of aliphatic imine (C=N–C) groups is 1. The van der Waals surface area contributed by atoms with E-state index in [1.165, 1.54) is 16.8 Å². The van der Waals surface area contributed by atoms with E-state index in [-0.39, 0.29) is 11.4 Å². The van der Waals surface area contributed by atoms with Crippen LogP contribution in [0.3, 0.4) is 0 Å². The molecule has 1 saturated heterocycles. The summed E-state index contributed by atoms with van der Waals surface area (Å²) in [5, 5.41) is 16.6. The van der Waals surface area contributed by atoms with E-state index in [0.29, 0.717) is 10.2 Å². The minimum Gasteiger partial charge on any atom is -0.349 e. The first-order chi connectivity index (χ1) is 14.9. The smallest absolute Gasteiger partial charge is 0.283 e. The van der Waals surface area contributed by atoms with Crippen LogP contribution in [0.2, 0.25) is 5.02 Å². The minimum atomic E-state index is -0.413. The second kappa shape index (κ2) is 7.69. The molecule has 0 saturated carbocycles. The summed E-state index contributed by atoms with van der Waals surface area (Å²) in [5.74, 6) is -0.358. The van der Waals surface area contributed by atoms with Crippen LogP contribution in [-0.2, 0) is 4.79 Å². The van der Waals surface area contributed by atoms with Crippen molar-refractivity contribution in [3.05, 3.63) is 57.9 Å². The molecule has 0 atom stereocenters. The van der Waals surface area contributed by atoms with Gasteiger partial charge in [0.05, 0.1) is 16.3 Å². The zero-order chi connectivity index (χ0) is 21.7. The van der Waals surface area contributed by atoms with E-state index in [1.54, 1.807) is 6.08 Å². The summed E-state index contributed by atoms with van der Waals surface area (Å²) < 4.78 is 2.05. The first-order valence-electron chi connectivity index (χ1n) is 10.1. The van der Waals surface area contributed by atoms with Gasteiger partial charge in [-0.25, -0.2) is 0 Å². The summed E-state index contributed by atoms with van der Waals surface area (Å²) in [6.07, 6.45) is 4.00. The standard InChI is InChI=1S/C22H21ClN6OS/c1-13-11-15(14(2)28(13)18-8-4-3-7-17(18)23)12-16-19(24)29-21(25-20(16)30)31-22(26-29)27-9-5-6-10-27/h3-4,7-8,11-12,24H,5-6,9-10H2,1-2H3/b16-12-,24-19?. The number of nitrogens with zero attached hydrogens (tertiary/aromatic N) is 5. The van der Waals surface area contributed by atoms with Crippen LogP contribution in [0.1, 0.15) is 29.8 Å². The number of amidine groups is 3. The fourth-order valence-electron chi connectivity index (χ4n) is 4.11. The summed E-state index contributed by atoms with van der Waals surface area (Å²) >= 11 is 7.77. The zero-order valence-corrected chi connectivity index (χ0v) is 18.8. The molecule has 0 radical (unpaired) electrons. The lowest BCUT2D eigenvalue weighted by molar-refractivity contribution is -0.114. The average Bonchev–Trinajstić information content (AvgIpc) is 3.46. The third-order valence-electron chi connectivity index (χ3n) is 5.68. The Hall–Kier alpha value is -2.84. The van der Waals surface area contributed by atoms with Gasteiger partial charge in [0.2, 0.25) is 5.17 Å². The van der Waals surface area contributed by atoms with E-state index < -0.39 is 5.91 Å². The van der Waals surface area contributed by atoms with Gasteiger partial charge in [-0.15, -0.1) is 5.10 Å². The summed E-state index contributed by atoms with van der Waals surface area (Å²) in [4.78, 5) is 19.2. The molecule has 1 aromatic carbocycles. The van der Waals surface area contributed by atoms with Crippen LogP contribution < -0.4 is 0 Å². The van der Waals surface area contributed by atoms with Crippen molar-refractivity contribution in [2.45, 2.75) is 26.7 Å². The van der Waals surface area contributed by atoms with Crippen LogP contribution in [0.25, 0.3) is 11.8 Å². The lowest BCUT2D eigenvalue weighted by Gasteiger charge is -2.20. The molecular weight excluding hydrogens is 432 g/mol. The number of rotatable bonds is 2. The maximum atomic E-state index is 12.8. The molecule has 3 aliphatic heterocycles. The Morgan fingerprint density at radius 1 is 1.16 bits per heavy atom. The van der Waals surface area contributed by atoms with Gasteiger partial charge >= 0.3 is 0 Å². The number of halogens is 1. The number of fused-ring (bicyclic) bond motifs is 1. The van der Waals surface area contributed by atoms with Crippen LogP contribution in [0.15, 0.2) is 46.0 Å². The second-order valence-corrected chi connectivity index (χ2v) is 9.05. The fourth-order valence-corrected chi connectivity index (χ4v) is 5.28. The Morgan fingerprint density at radius 2 is 1.90 bits per heavy atom. The monoisotopic (exact) mass is 452 g/mol. The summed E-state index contributed by atoms with van der Waals surface area (Å²) in [7, 11) is 0. The number of likely N-dealkylation sites (tertiary alicyclic amines) is 1. The number of aromatic nitrogens is 1. The van der Waals surface area contributed by atoms with Crippen LogP contribution in [-0.4, -0.2) is 49.6 Å². The Morgan fingerprint density at radius 3 is 2.65 bits per heavy atom. The van der Waals surface area contributed by atoms with Gasteiger partial charge in [0.25, 0.3) is 5.91 Å². The van der Waals surface area contributed by atoms with E-state index in [9.17, 15) is 4.79 Å². The molecule has 5 rings (SSSR count). The van der Waals surface area contributed by atoms with Gasteiger partial charge < -0.3 is 9.47 Å². The third-order valence-corrected chi connectivity index (χ3v) is 6.97. The quantitative estimate of drug-likeness (QED) is 0.684. The molecule has 0 spiro atoms. The largest absolute Gasteiger partial charge is 0.349 e. The number of benzene rings is 1. The number of para-hydroxylation sites is 1. The normalized spacial score (nSPS) is 19.9. The number of carbonyl (C=O) groups is 1. The SMILES string of the molecule is Cc1cc(/C=C2/C(=N)N3N=C(N4CCCC4)SC3=NC2=O)c(C)n1-c1ccccc1Cl. The van der Waals surface area contributed by atoms with E-state index in [2.05, 4.69) is 19.6 Å².